The molecule has 92 valence electrons. The van der Waals surface area contributed by atoms with Crippen molar-refractivity contribution in [3.63, 3.8) is 0 Å². The molecule has 0 fully saturated rings. The highest BCUT2D eigenvalue weighted by Gasteiger charge is 2.08. The van der Waals surface area contributed by atoms with E-state index in [1.807, 2.05) is 6.92 Å². The van der Waals surface area contributed by atoms with Gasteiger partial charge in [-0.05, 0) is 19.3 Å². The molecule has 0 aliphatic rings. The molecule has 2 N–H and O–H groups in total. The average Bonchev–Trinajstić information content (AvgIpc) is 2.16. The molecule has 0 spiro atoms. The molecule has 3 nitrogen and oxygen atoms in total. The number of hydroxylamine groups is 2. The van der Waals surface area contributed by atoms with E-state index in [2.05, 4.69) is 6.92 Å². The Morgan fingerprint density at radius 3 is 1.87 bits per heavy atom. The van der Waals surface area contributed by atoms with Crippen LogP contribution < -0.4 is 5.84 Å². The Labute approximate surface area is 94.8 Å². The van der Waals surface area contributed by atoms with Gasteiger partial charge < -0.3 is 5.21 Å². The zero-order valence-electron chi connectivity index (χ0n) is 10.5. The minimum atomic E-state index is -0.536. The summed E-state index contributed by atoms with van der Waals surface area (Å²) < 4.78 is -0.536. The van der Waals surface area contributed by atoms with Crippen LogP contribution in [0.2, 0.25) is 0 Å². The van der Waals surface area contributed by atoms with Crippen molar-refractivity contribution in [1.82, 2.24) is 0 Å². The highest BCUT2D eigenvalue weighted by molar-refractivity contribution is 4.45. The van der Waals surface area contributed by atoms with Gasteiger partial charge in [0.05, 0.1) is 13.1 Å². The third-order valence-corrected chi connectivity index (χ3v) is 2.74. The molecule has 3 heteroatoms. The smallest absolute Gasteiger partial charge is 0.0958 e. The van der Waals surface area contributed by atoms with Crippen molar-refractivity contribution in [2.45, 2.75) is 65.2 Å². The van der Waals surface area contributed by atoms with E-state index in [4.69, 9.17) is 5.84 Å². The molecule has 0 aromatic heterocycles. The Kier molecular flexibility index (Phi) is 9.06. The lowest BCUT2D eigenvalue weighted by Crippen LogP contribution is -2.50. The van der Waals surface area contributed by atoms with Crippen LogP contribution in [0.4, 0.5) is 0 Å². The first-order chi connectivity index (χ1) is 7.12. The fourth-order valence-corrected chi connectivity index (χ4v) is 1.83. The third-order valence-electron chi connectivity index (χ3n) is 2.74. The number of rotatable bonds is 10. The lowest BCUT2D eigenvalue weighted by molar-refractivity contribution is -0.892. The molecule has 0 aliphatic carbocycles. The van der Waals surface area contributed by atoms with Crippen LogP contribution in [0.15, 0.2) is 0 Å². The van der Waals surface area contributed by atoms with Gasteiger partial charge in [-0.2, -0.15) is 5.84 Å². The molecule has 0 heterocycles. The van der Waals surface area contributed by atoms with Crippen LogP contribution in [0.25, 0.3) is 0 Å². The lowest BCUT2D eigenvalue weighted by atomic mass is 10.1. The van der Waals surface area contributed by atoms with E-state index in [1.165, 1.54) is 32.1 Å². The summed E-state index contributed by atoms with van der Waals surface area (Å²) in [6.07, 6.45) is 9.55. The molecule has 0 bridgehead atoms. The largest absolute Gasteiger partial charge is 0.612 e. The molecule has 0 saturated carbocycles. The summed E-state index contributed by atoms with van der Waals surface area (Å²) >= 11 is 0. The number of nitrogens with two attached hydrogens (primary N) is 1. The molecule has 1 atom stereocenters. The maximum Gasteiger partial charge on any atom is 0.0958 e. The second-order valence-electron chi connectivity index (χ2n) is 4.52. The average molecular weight is 216 g/mol. The Balaban J connectivity index is 3.22. The summed E-state index contributed by atoms with van der Waals surface area (Å²) in [5.74, 6) is 5.57. The predicted molar refractivity (Wildman–Crippen MR) is 65.8 cm³/mol. The van der Waals surface area contributed by atoms with Gasteiger partial charge in [-0.3, -0.25) is 4.76 Å². The van der Waals surface area contributed by atoms with Crippen LogP contribution in [0.3, 0.4) is 0 Å². The van der Waals surface area contributed by atoms with E-state index in [0.717, 1.165) is 19.3 Å². The van der Waals surface area contributed by atoms with Gasteiger partial charge in [0.1, 0.15) is 0 Å². The van der Waals surface area contributed by atoms with Gasteiger partial charge in [-0.15, -0.1) is 0 Å². The Bertz CT molecular complexity index is 138. The standard InChI is InChI=1S/C12H28N2O/c1-3-5-6-7-8-9-10-12-14(13,15)11-4-2/h3-13H2,1-2H3. The molecule has 0 rings (SSSR count). The molecular weight excluding hydrogens is 188 g/mol. The van der Waals surface area contributed by atoms with Gasteiger partial charge >= 0.3 is 0 Å². The fourth-order valence-electron chi connectivity index (χ4n) is 1.83. The van der Waals surface area contributed by atoms with Crippen LogP contribution in [-0.4, -0.2) is 17.8 Å². The zero-order valence-corrected chi connectivity index (χ0v) is 10.5. The van der Waals surface area contributed by atoms with Gasteiger partial charge in [0.2, 0.25) is 0 Å². The van der Waals surface area contributed by atoms with Gasteiger partial charge in [-0.1, -0.05) is 46.0 Å². The third kappa shape index (κ3) is 10.2. The van der Waals surface area contributed by atoms with Crippen molar-refractivity contribution in [2.24, 2.45) is 5.84 Å². The Morgan fingerprint density at radius 1 is 0.800 bits per heavy atom. The van der Waals surface area contributed by atoms with E-state index in [1.54, 1.807) is 0 Å². The maximum absolute atomic E-state index is 11.6. The highest BCUT2D eigenvalue weighted by atomic mass is 16.6. The zero-order chi connectivity index (χ0) is 11.6. The van der Waals surface area contributed by atoms with Crippen molar-refractivity contribution in [3.05, 3.63) is 5.21 Å². The molecule has 0 aromatic rings. The quantitative estimate of drug-likeness (QED) is 0.263. The SMILES string of the molecule is CCCCCCCCC[N+](N)([O-])CCC. The first-order valence-electron chi connectivity index (χ1n) is 6.49. The van der Waals surface area contributed by atoms with E-state index < -0.39 is 4.76 Å². The monoisotopic (exact) mass is 216 g/mol. The van der Waals surface area contributed by atoms with E-state index >= 15 is 0 Å². The molecule has 15 heavy (non-hydrogen) atoms. The number of nitrogens with zero attached hydrogens (tertiary/aromatic N) is 1. The predicted octanol–water partition coefficient (Wildman–Crippen LogP) is 3.34. The van der Waals surface area contributed by atoms with Gasteiger partial charge in [-0.25, -0.2) is 0 Å². The molecule has 0 aromatic carbocycles. The van der Waals surface area contributed by atoms with Crippen molar-refractivity contribution >= 4 is 0 Å². The summed E-state index contributed by atoms with van der Waals surface area (Å²) in [4.78, 5) is 0. The summed E-state index contributed by atoms with van der Waals surface area (Å²) in [6.45, 7) is 5.36. The number of hydrogen-bond donors (Lipinski definition) is 1. The van der Waals surface area contributed by atoms with Gasteiger partial charge in [0.15, 0.2) is 0 Å². The lowest BCUT2D eigenvalue weighted by Gasteiger charge is -2.36. The number of hydrogen-bond acceptors (Lipinski definition) is 2. The number of unbranched alkanes of at least 4 members (excludes halogenated alkanes) is 6. The molecule has 0 saturated heterocycles. The van der Waals surface area contributed by atoms with Crippen LogP contribution in [0, 0.1) is 5.21 Å². The topological polar surface area (TPSA) is 49.1 Å². The molecule has 0 radical (unpaired) electrons. The van der Waals surface area contributed by atoms with Crippen LogP contribution in [-0.2, 0) is 0 Å². The molecule has 1 unspecified atom stereocenters. The Hall–Kier alpha value is -0.120. The van der Waals surface area contributed by atoms with Crippen molar-refractivity contribution in [1.29, 1.82) is 0 Å². The minimum absolute atomic E-state index is 0.536. The van der Waals surface area contributed by atoms with Crippen molar-refractivity contribution in [2.75, 3.05) is 13.1 Å². The minimum Gasteiger partial charge on any atom is -0.612 e. The van der Waals surface area contributed by atoms with Gasteiger partial charge in [0, 0.05) is 0 Å². The van der Waals surface area contributed by atoms with Crippen molar-refractivity contribution < 1.29 is 4.76 Å². The summed E-state index contributed by atoms with van der Waals surface area (Å²) in [5.41, 5.74) is 0. The fraction of sp³-hybridized carbons (Fsp3) is 1.00. The number of quaternary nitrogens is 1. The molecule has 0 aliphatic heterocycles. The van der Waals surface area contributed by atoms with E-state index in [0.29, 0.717) is 13.1 Å². The van der Waals surface area contributed by atoms with Gasteiger partial charge in [0.25, 0.3) is 0 Å². The molecule has 0 amide bonds. The van der Waals surface area contributed by atoms with Crippen LogP contribution in [0.1, 0.15) is 65.2 Å². The van der Waals surface area contributed by atoms with E-state index in [9.17, 15) is 5.21 Å². The first kappa shape index (κ1) is 14.9. The highest BCUT2D eigenvalue weighted by Crippen LogP contribution is 2.08. The van der Waals surface area contributed by atoms with Crippen LogP contribution in [0.5, 0.6) is 0 Å². The second kappa shape index (κ2) is 9.13. The summed E-state index contributed by atoms with van der Waals surface area (Å²) in [7, 11) is 0. The second-order valence-corrected chi connectivity index (χ2v) is 4.52. The summed E-state index contributed by atoms with van der Waals surface area (Å²) in [5, 5.41) is 11.6. The Morgan fingerprint density at radius 2 is 1.33 bits per heavy atom. The van der Waals surface area contributed by atoms with Crippen LogP contribution >= 0.6 is 0 Å². The first-order valence-corrected chi connectivity index (χ1v) is 6.49. The van der Waals surface area contributed by atoms with E-state index in [-0.39, 0.29) is 0 Å². The normalized spacial score (nSPS) is 15.2. The molecular formula is C12H28N2O. The summed E-state index contributed by atoms with van der Waals surface area (Å²) in [6, 6.07) is 0. The maximum atomic E-state index is 11.6. The van der Waals surface area contributed by atoms with Crippen molar-refractivity contribution in [3.8, 4) is 0 Å².